The summed E-state index contributed by atoms with van der Waals surface area (Å²) in [4.78, 5) is 3.25. The Labute approximate surface area is 113 Å². The van der Waals surface area contributed by atoms with E-state index < -0.39 is 15.1 Å². The number of pyridine rings is 1. The molecule has 1 atom stereocenters. The summed E-state index contributed by atoms with van der Waals surface area (Å²) >= 11 is 0. The number of hydrazine groups is 1. The minimum atomic E-state index is -9.64. The van der Waals surface area contributed by atoms with Crippen molar-refractivity contribution in [1.82, 2.24) is 9.99 Å². The van der Waals surface area contributed by atoms with E-state index >= 15 is 0 Å². The van der Waals surface area contributed by atoms with Crippen molar-refractivity contribution in [2.24, 2.45) is 5.84 Å². The molecule has 2 rings (SSSR count). The van der Waals surface area contributed by atoms with Gasteiger partial charge in [-0.1, -0.05) is 19.4 Å². The Kier molecular flexibility index (Phi) is 3.02. The van der Waals surface area contributed by atoms with Gasteiger partial charge in [-0.25, -0.2) is 9.99 Å². The molecule has 1 fully saturated rings. The SMILES string of the molecule is CC1CN(c2ccc(S(F)(F)(F)(F)F)cn2)CCN1N. The fourth-order valence-electron chi connectivity index (χ4n) is 1.97. The molecule has 1 aliphatic heterocycles. The van der Waals surface area contributed by atoms with Crippen molar-refractivity contribution in [2.75, 3.05) is 24.5 Å². The minimum Gasteiger partial charge on any atom is -0.354 e. The summed E-state index contributed by atoms with van der Waals surface area (Å²) in [5, 5.41) is 1.61. The summed E-state index contributed by atoms with van der Waals surface area (Å²) in [6, 6.07) is 1.34. The Balaban J connectivity index is 2.22. The molecule has 20 heavy (non-hydrogen) atoms. The van der Waals surface area contributed by atoms with Crippen LogP contribution in [0.2, 0.25) is 0 Å². The fraction of sp³-hybridized carbons (Fsp3) is 0.500. The molecule has 1 aromatic heterocycles. The molecule has 4 nitrogen and oxygen atoms in total. The van der Waals surface area contributed by atoms with Crippen molar-refractivity contribution in [3.8, 4) is 0 Å². The molecule has 10 heteroatoms. The van der Waals surface area contributed by atoms with Crippen molar-refractivity contribution in [3.63, 3.8) is 0 Å². The predicted molar refractivity (Wildman–Crippen MR) is 68.2 cm³/mol. The maximum atomic E-state index is 12.6. The van der Waals surface area contributed by atoms with Gasteiger partial charge >= 0.3 is 10.2 Å². The van der Waals surface area contributed by atoms with Gasteiger partial charge in [0.05, 0.1) is 6.20 Å². The second-order valence-electron chi connectivity index (χ2n) is 4.85. The Morgan fingerprint density at radius 1 is 1.20 bits per heavy atom. The maximum Gasteiger partial charge on any atom is 0.311 e. The smallest absolute Gasteiger partial charge is 0.311 e. The van der Waals surface area contributed by atoms with E-state index in [1.807, 2.05) is 6.92 Å². The molecule has 0 aromatic carbocycles. The molecule has 1 aromatic rings. The molecule has 0 aliphatic carbocycles. The van der Waals surface area contributed by atoms with Gasteiger partial charge in [-0.15, -0.1) is 0 Å². The summed E-state index contributed by atoms with van der Waals surface area (Å²) in [7, 11) is -9.64. The number of hydrogen-bond donors (Lipinski definition) is 1. The number of anilines is 1. The van der Waals surface area contributed by atoms with Crippen LogP contribution < -0.4 is 10.7 Å². The molecule has 1 unspecified atom stereocenters. The normalized spacial score (nSPS) is 25.1. The number of nitrogens with zero attached hydrogens (tertiary/aromatic N) is 3. The molecule has 116 valence electrons. The largest absolute Gasteiger partial charge is 0.354 e. The highest BCUT2D eigenvalue weighted by atomic mass is 32.5. The molecule has 0 radical (unpaired) electrons. The first-order valence-corrected chi connectivity index (χ1v) is 7.78. The number of rotatable bonds is 2. The highest BCUT2D eigenvalue weighted by Crippen LogP contribution is 3.02. The Hall–Kier alpha value is -1.13. The first-order chi connectivity index (χ1) is 8.86. The molecule has 1 saturated heterocycles. The number of halogens is 5. The van der Waals surface area contributed by atoms with E-state index in [0.717, 1.165) is 6.07 Å². The van der Waals surface area contributed by atoms with Gasteiger partial charge in [-0.3, -0.25) is 5.84 Å². The van der Waals surface area contributed by atoms with Crippen LogP contribution in [0.25, 0.3) is 0 Å². The van der Waals surface area contributed by atoms with Crippen LogP contribution in [0.15, 0.2) is 23.2 Å². The second kappa shape index (κ2) is 3.95. The van der Waals surface area contributed by atoms with E-state index in [1.165, 1.54) is 0 Å². The van der Waals surface area contributed by atoms with E-state index in [9.17, 15) is 19.4 Å². The average molecular weight is 318 g/mol. The molecule has 0 bridgehead atoms. The first-order valence-electron chi connectivity index (χ1n) is 5.83. The summed E-state index contributed by atoms with van der Waals surface area (Å²) in [5.41, 5.74) is 0. The van der Waals surface area contributed by atoms with Gasteiger partial charge in [0.1, 0.15) is 10.7 Å². The Bertz CT molecular complexity index is 502. The van der Waals surface area contributed by atoms with Crippen molar-refractivity contribution in [3.05, 3.63) is 18.3 Å². The lowest BCUT2D eigenvalue weighted by Gasteiger charge is -2.41. The van der Waals surface area contributed by atoms with Gasteiger partial charge in [-0.05, 0) is 19.1 Å². The lowest BCUT2D eigenvalue weighted by molar-refractivity contribution is 0.193. The molecule has 0 amide bonds. The third kappa shape index (κ3) is 3.30. The van der Waals surface area contributed by atoms with Gasteiger partial charge in [0.25, 0.3) is 0 Å². The Morgan fingerprint density at radius 2 is 1.85 bits per heavy atom. The van der Waals surface area contributed by atoms with E-state index in [0.29, 0.717) is 25.7 Å². The zero-order valence-corrected chi connectivity index (χ0v) is 11.5. The summed E-state index contributed by atoms with van der Waals surface area (Å²) in [6.07, 6.45) is 0.191. The highest BCUT2D eigenvalue weighted by Gasteiger charge is 2.65. The van der Waals surface area contributed by atoms with Crippen LogP contribution in [0, 0.1) is 0 Å². The summed E-state index contributed by atoms with van der Waals surface area (Å²) in [5.74, 6) is 5.91. The summed E-state index contributed by atoms with van der Waals surface area (Å²) in [6.45, 7) is 3.32. The van der Waals surface area contributed by atoms with Gasteiger partial charge in [0, 0.05) is 25.7 Å². The van der Waals surface area contributed by atoms with Crippen molar-refractivity contribution < 1.29 is 19.4 Å². The molecule has 2 heterocycles. The number of aromatic nitrogens is 1. The summed E-state index contributed by atoms with van der Waals surface area (Å²) < 4.78 is 62.8. The molecular formula is C10H15F5N4S. The van der Waals surface area contributed by atoms with Gasteiger partial charge in [0.15, 0.2) is 0 Å². The molecular weight excluding hydrogens is 303 g/mol. The van der Waals surface area contributed by atoms with Gasteiger partial charge in [0.2, 0.25) is 0 Å². The zero-order chi connectivity index (χ0) is 15.2. The van der Waals surface area contributed by atoms with Crippen LogP contribution in [0.5, 0.6) is 0 Å². The number of piperazine rings is 1. The van der Waals surface area contributed by atoms with E-state index in [-0.39, 0.29) is 18.1 Å². The quantitative estimate of drug-likeness (QED) is 0.672. The van der Waals surface area contributed by atoms with Crippen LogP contribution >= 0.6 is 10.2 Å². The van der Waals surface area contributed by atoms with Crippen LogP contribution in [0.3, 0.4) is 0 Å². The maximum absolute atomic E-state index is 12.6. The molecule has 2 N–H and O–H groups in total. The van der Waals surface area contributed by atoms with Crippen LogP contribution in [-0.2, 0) is 0 Å². The van der Waals surface area contributed by atoms with Crippen LogP contribution in [-0.4, -0.2) is 35.7 Å². The third-order valence-corrected chi connectivity index (χ3v) is 4.30. The van der Waals surface area contributed by atoms with Gasteiger partial charge in [-0.2, -0.15) is 0 Å². The van der Waals surface area contributed by atoms with Crippen molar-refractivity contribution in [1.29, 1.82) is 0 Å². The minimum absolute atomic E-state index is 0.000783. The zero-order valence-electron chi connectivity index (χ0n) is 10.6. The topological polar surface area (TPSA) is 45.4 Å². The monoisotopic (exact) mass is 318 g/mol. The van der Waals surface area contributed by atoms with Crippen molar-refractivity contribution >= 4 is 16.0 Å². The molecule has 0 spiro atoms. The van der Waals surface area contributed by atoms with Crippen LogP contribution in [0.1, 0.15) is 6.92 Å². The third-order valence-electron chi connectivity index (χ3n) is 3.17. The van der Waals surface area contributed by atoms with Crippen LogP contribution in [0.4, 0.5) is 25.2 Å². The standard InChI is InChI=1S/C10H15F5N4S/c1-8-7-18(4-5-19(8)16)10-3-2-9(6-17-10)20(11,12,13,14)15/h2-3,6,8H,4-5,7,16H2,1H3. The molecule has 1 aliphatic rings. The highest BCUT2D eigenvalue weighted by molar-refractivity contribution is 8.45. The van der Waals surface area contributed by atoms with Gasteiger partial charge < -0.3 is 4.90 Å². The number of hydrogen-bond acceptors (Lipinski definition) is 4. The van der Waals surface area contributed by atoms with Crippen molar-refractivity contribution in [2.45, 2.75) is 17.9 Å². The predicted octanol–water partition coefficient (Wildman–Crippen LogP) is 3.12. The molecule has 0 saturated carbocycles. The van der Waals surface area contributed by atoms with E-state index in [4.69, 9.17) is 5.84 Å². The lowest BCUT2D eigenvalue weighted by Crippen LogP contribution is -2.55. The first kappa shape index (κ1) is 15.3. The Morgan fingerprint density at radius 3 is 2.30 bits per heavy atom. The number of nitrogens with two attached hydrogens (primary N) is 1. The lowest BCUT2D eigenvalue weighted by atomic mass is 10.2. The average Bonchev–Trinajstić information content (AvgIpc) is 2.30. The van der Waals surface area contributed by atoms with E-state index in [1.54, 1.807) is 9.91 Å². The van der Waals surface area contributed by atoms with E-state index in [2.05, 4.69) is 4.98 Å². The second-order valence-corrected chi connectivity index (χ2v) is 7.26. The fourth-order valence-corrected chi connectivity index (χ4v) is 2.54.